The Balaban J connectivity index is 2.72. The molecule has 0 amide bonds. The van der Waals surface area contributed by atoms with E-state index in [1.807, 2.05) is 12.1 Å². The lowest BCUT2D eigenvalue weighted by Crippen LogP contribution is -2.30. The van der Waals surface area contributed by atoms with Crippen molar-refractivity contribution in [2.75, 3.05) is 11.9 Å². The zero-order chi connectivity index (χ0) is 13.0. The number of pyridine rings is 1. The molecule has 2 atom stereocenters. The number of anilines is 1. The van der Waals surface area contributed by atoms with Crippen molar-refractivity contribution in [3.63, 3.8) is 0 Å². The van der Waals surface area contributed by atoms with Gasteiger partial charge >= 0.3 is 0 Å². The van der Waals surface area contributed by atoms with Crippen LogP contribution in [-0.4, -0.2) is 23.2 Å². The second kappa shape index (κ2) is 6.01. The summed E-state index contributed by atoms with van der Waals surface area (Å²) in [5.41, 5.74) is 0.860. The van der Waals surface area contributed by atoms with Crippen molar-refractivity contribution in [2.24, 2.45) is 5.92 Å². The quantitative estimate of drug-likeness (QED) is 0.853. The molecule has 0 aliphatic carbocycles. The number of hydrogen-bond acceptors (Lipinski definition) is 3. The lowest BCUT2D eigenvalue weighted by Gasteiger charge is -2.27. The molecule has 1 aromatic heterocycles. The van der Waals surface area contributed by atoms with Crippen LogP contribution in [0, 0.1) is 5.92 Å². The normalized spacial score (nSPS) is 14.8. The highest BCUT2D eigenvalue weighted by atomic mass is 16.3. The first-order valence-corrected chi connectivity index (χ1v) is 6.28. The summed E-state index contributed by atoms with van der Waals surface area (Å²) >= 11 is 0. The molecular weight excluding hydrogens is 212 g/mol. The highest BCUT2D eigenvalue weighted by Crippen LogP contribution is 2.19. The maximum atomic E-state index is 9.43. The number of aromatic nitrogens is 1. The Morgan fingerprint density at radius 1 is 1.24 bits per heavy atom. The molecule has 0 saturated heterocycles. The Kier molecular flexibility index (Phi) is 4.94. The summed E-state index contributed by atoms with van der Waals surface area (Å²) in [5, 5.41) is 9.43. The highest BCUT2D eigenvalue weighted by Gasteiger charge is 2.13. The largest absolute Gasteiger partial charge is 0.389 e. The standard InChI is InChI=1S/C14H24N2O/c1-10(2)8-11(3)16(5)14-7-6-13(9-15-14)12(4)17/h6-7,9-12,17H,8H2,1-5H3. The Morgan fingerprint density at radius 3 is 2.29 bits per heavy atom. The van der Waals surface area contributed by atoms with E-state index < -0.39 is 6.10 Å². The zero-order valence-corrected chi connectivity index (χ0v) is 11.5. The van der Waals surface area contributed by atoms with Gasteiger partial charge in [0.1, 0.15) is 5.82 Å². The summed E-state index contributed by atoms with van der Waals surface area (Å²) in [5.74, 6) is 1.65. The monoisotopic (exact) mass is 236 g/mol. The first-order chi connectivity index (χ1) is 7.91. The summed E-state index contributed by atoms with van der Waals surface area (Å²) in [6.45, 7) is 8.43. The van der Waals surface area contributed by atoms with Crippen molar-refractivity contribution in [2.45, 2.75) is 46.3 Å². The van der Waals surface area contributed by atoms with Crippen molar-refractivity contribution >= 4 is 5.82 Å². The van der Waals surface area contributed by atoms with Crippen molar-refractivity contribution < 1.29 is 5.11 Å². The molecule has 0 fully saturated rings. The summed E-state index contributed by atoms with van der Waals surface area (Å²) < 4.78 is 0. The van der Waals surface area contributed by atoms with E-state index in [2.05, 4.69) is 37.7 Å². The summed E-state index contributed by atoms with van der Waals surface area (Å²) in [6.07, 6.45) is 2.45. The van der Waals surface area contributed by atoms with Crippen LogP contribution in [0.3, 0.4) is 0 Å². The summed E-state index contributed by atoms with van der Waals surface area (Å²) in [7, 11) is 2.07. The Labute approximate surface area is 104 Å². The first-order valence-electron chi connectivity index (χ1n) is 6.28. The van der Waals surface area contributed by atoms with Gasteiger partial charge in [0.15, 0.2) is 0 Å². The van der Waals surface area contributed by atoms with E-state index in [0.29, 0.717) is 12.0 Å². The molecule has 0 aliphatic heterocycles. The third-order valence-electron chi connectivity index (χ3n) is 3.09. The molecule has 0 radical (unpaired) electrons. The van der Waals surface area contributed by atoms with Gasteiger partial charge in [0.25, 0.3) is 0 Å². The Hall–Kier alpha value is -1.09. The average molecular weight is 236 g/mol. The Morgan fingerprint density at radius 2 is 1.88 bits per heavy atom. The van der Waals surface area contributed by atoms with E-state index in [9.17, 15) is 5.11 Å². The predicted molar refractivity (Wildman–Crippen MR) is 72.2 cm³/mol. The molecule has 0 aromatic carbocycles. The smallest absolute Gasteiger partial charge is 0.128 e. The molecule has 2 unspecified atom stereocenters. The molecule has 1 rings (SSSR count). The number of aliphatic hydroxyl groups is 1. The number of nitrogens with zero attached hydrogens (tertiary/aromatic N) is 2. The van der Waals surface area contributed by atoms with Gasteiger partial charge in [-0.15, -0.1) is 0 Å². The topological polar surface area (TPSA) is 36.4 Å². The molecule has 3 nitrogen and oxygen atoms in total. The van der Waals surface area contributed by atoms with Crippen molar-refractivity contribution in [3.8, 4) is 0 Å². The molecule has 1 heterocycles. The van der Waals surface area contributed by atoms with Crippen LogP contribution in [0.15, 0.2) is 18.3 Å². The molecule has 1 aromatic rings. The van der Waals surface area contributed by atoms with Crippen LogP contribution in [0.5, 0.6) is 0 Å². The molecule has 0 spiro atoms. The zero-order valence-electron chi connectivity index (χ0n) is 11.5. The minimum atomic E-state index is -0.449. The summed E-state index contributed by atoms with van der Waals surface area (Å²) in [6, 6.07) is 4.38. The fraction of sp³-hybridized carbons (Fsp3) is 0.643. The maximum Gasteiger partial charge on any atom is 0.128 e. The third-order valence-corrected chi connectivity index (χ3v) is 3.09. The molecule has 96 valence electrons. The van der Waals surface area contributed by atoms with Gasteiger partial charge in [0.05, 0.1) is 6.10 Å². The van der Waals surface area contributed by atoms with Gasteiger partial charge in [0, 0.05) is 19.3 Å². The second-order valence-electron chi connectivity index (χ2n) is 5.22. The fourth-order valence-corrected chi connectivity index (χ4v) is 1.92. The second-order valence-corrected chi connectivity index (χ2v) is 5.22. The molecule has 17 heavy (non-hydrogen) atoms. The van der Waals surface area contributed by atoms with Crippen LogP contribution < -0.4 is 4.90 Å². The molecule has 0 saturated carbocycles. The van der Waals surface area contributed by atoms with E-state index in [1.165, 1.54) is 0 Å². The number of rotatable bonds is 5. The molecule has 0 aliphatic rings. The molecular formula is C14H24N2O. The average Bonchev–Trinajstić information content (AvgIpc) is 2.27. The number of aliphatic hydroxyl groups excluding tert-OH is 1. The molecule has 3 heteroatoms. The van der Waals surface area contributed by atoms with E-state index >= 15 is 0 Å². The van der Waals surface area contributed by atoms with Gasteiger partial charge < -0.3 is 10.0 Å². The van der Waals surface area contributed by atoms with Gasteiger partial charge in [-0.1, -0.05) is 19.9 Å². The lowest BCUT2D eigenvalue weighted by atomic mass is 10.0. The van der Waals surface area contributed by atoms with Gasteiger partial charge in [-0.05, 0) is 37.8 Å². The van der Waals surface area contributed by atoms with E-state index in [4.69, 9.17) is 0 Å². The van der Waals surface area contributed by atoms with Crippen LogP contribution in [0.2, 0.25) is 0 Å². The van der Waals surface area contributed by atoms with Gasteiger partial charge in [-0.25, -0.2) is 4.98 Å². The minimum absolute atomic E-state index is 0.449. The van der Waals surface area contributed by atoms with E-state index in [1.54, 1.807) is 13.1 Å². The van der Waals surface area contributed by atoms with Crippen LogP contribution in [0.25, 0.3) is 0 Å². The van der Waals surface area contributed by atoms with Crippen LogP contribution in [0.4, 0.5) is 5.82 Å². The van der Waals surface area contributed by atoms with Gasteiger partial charge in [-0.2, -0.15) is 0 Å². The molecule has 1 N–H and O–H groups in total. The Bertz CT molecular complexity index is 333. The molecule has 0 bridgehead atoms. The third kappa shape index (κ3) is 4.00. The van der Waals surface area contributed by atoms with Gasteiger partial charge in [0.2, 0.25) is 0 Å². The lowest BCUT2D eigenvalue weighted by molar-refractivity contribution is 0.199. The SMILES string of the molecule is CC(C)CC(C)N(C)c1ccc(C(C)O)cn1. The number of hydrogen-bond donors (Lipinski definition) is 1. The van der Waals surface area contributed by atoms with Crippen LogP contribution >= 0.6 is 0 Å². The van der Waals surface area contributed by atoms with Crippen molar-refractivity contribution in [1.29, 1.82) is 0 Å². The maximum absolute atomic E-state index is 9.43. The highest BCUT2D eigenvalue weighted by molar-refractivity contribution is 5.39. The van der Waals surface area contributed by atoms with Crippen LogP contribution in [0.1, 0.15) is 45.8 Å². The van der Waals surface area contributed by atoms with E-state index in [0.717, 1.165) is 17.8 Å². The predicted octanol–water partition coefficient (Wildman–Crippen LogP) is 3.01. The van der Waals surface area contributed by atoms with Crippen molar-refractivity contribution in [1.82, 2.24) is 4.98 Å². The first kappa shape index (κ1) is 14.0. The minimum Gasteiger partial charge on any atom is -0.389 e. The van der Waals surface area contributed by atoms with Crippen molar-refractivity contribution in [3.05, 3.63) is 23.9 Å². The summed E-state index contributed by atoms with van der Waals surface area (Å²) in [4.78, 5) is 6.58. The van der Waals surface area contributed by atoms with E-state index in [-0.39, 0.29) is 0 Å². The fourth-order valence-electron chi connectivity index (χ4n) is 1.92. The van der Waals surface area contributed by atoms with Crippen LogP contribution in [-0.2, 0) is 0 Å². The van der Waals surface area contributed by atoms with Gasteiger partial charge in [-0.3, -0.25) is 0 Å².